The molecule has 5 aliphatic rings. The molecule has 0 amide bonds. The molecular weight excluding hydrogens is 884 g/mol. The summed E-state index contributed by atoms with van der Waals surface area (Å²) < 4.78 is 64.7. The van der Waals surface area contributed by atoms with Gasteiger partial charge in [0.15, 0.2) is 0 Å². The van der Waals surface area contributed by atoms with E-state index in [1.54, 1.807) is 0 Å². The first-order valence-electron chi connectivity index (χ1n) is 22.9. The molecule has 0 unspecified atom stereocenters. The van der Waals surface area contributed by atoms with Crippen molar-refractivity contribution in [2.45, 2.75) is 103 Å². The Labute approximate surface area is 385 Å². The predicted octanol–water partition coefficient (Wildman–Crippen LogP) is 14.0. The van der Waals surface area contributed by atoms with Crippen molar-refractivity contribution in [2.24, 2.45) is 0 Å². The maximum absolute atomic E-state index is 7.07. The number of benzene rings is 4. The molecule has 0 aromatic heterocycles. The third-order valence-corrected chi connectivity index (χ3v) is 18.0. The van der Waals surface area contributed by atoms with Crippen LogP contribution in [0.3, 0.4) is 0 Å². The second-order valence-corrected chi connectivity index (χ2v) is 24.7. The van der Waals surface area contributed by atoms with E-state index in [2.05, 4.69) is 76.2 Å². The zero-order chi connectivity index (χ0) is 45.1. The van der Waals surface area contributed by atoms with Crippen LogP contribution in [0.25, 0.3) is 0 Å². The SMILES string of the molecule is CCCC1c2cc3c4cc2OP(N(C)C)Oc2cc5c(cc21)C(CCC)c1cc2c(cc1OP(N(C)C)O5)OP(N(C)C)Oc1cc(c(cc1C2CCC)C3CCC)OP(N(C)C)O4. The molecule has 4 aromatic rings. The molecule has 12 nitrogen and oxygen atoms in total. The van der Waals surface area contributed by atoms with E-state index >= 15 is 0 Å². The Hall–Kier alpha value is -3.16. The smallest absolute Gasteiger partial charge is 0.384 e. The lowest BCUT2D eigenvalue weighted by molar-refractivity contribution is 0.384. The van der Waals surface area contributed by atoms with Crippen LogP contribution in [0.4, 0.5) is 0 Å². The van der Waals surface area contributed by atoms with Gasteiger partial charge in [0.25, 0.3) is 0 Å². The maximum Gasteiger partial charge on any atom is 0.384 e. The molecule has 0 spiro atoms. The first-order chi connectivity index (χ1) is 30.8. The van der Waals surface area contributed by atoms with E-state index in [1.165, 1.54) is 0 Å². The van der Waals surface area contributed by atoms with Crippen molar-refractivity contribution in [3.8, 4) is 46.0 Å². The molecule has 4 aliphatic heterocycles. The van der Waals surface area contributed by atoms with Crippen LogP contribution >= 0.6 is 34.1 Å². The highest BCUT2D eigenvalue weighted by molar-refractivity contribution is 7.46. The molecular formula is C48H64N4O8P4. The van der Waals surface area contributed by atoms with E-state index in [-0.39, 0.29) is 23.7 Å². The molecule has 16 heteroatoms. The van der Waals surface area contributed by atoms with Crippen LogP contribution in [0.5, 0.6) is 46.0 Å². The van der Waals surface area contributed by atoms with Crippen molar-refractivity contribution in [3.63, 3.8) is 0 Å². The van der Waals surface area contributed by atoms with E-state index < -0.39 is 34.1 Å². The zero-order valence-electron chi connectivity index (χ0n) is 39.4. The topological polar surface area (TPSA) is 86.8 Å². The Morgan fingerprint density at radius 2 is 0.453 bits per heavy atom. The lowest BCUT2D eigenvalue weighted by Gasteiger charge is -2.38. The van der Waals surface area contributed by atoms with E-state index in [1.807, 2.05) is 75.1 Å². The lowest BCUT2D eigenvalue weighted by atomic mass is 9.76. The van der Waals surface area contributed by atoms with Crippen LogP contribution in [0, 0.1) is 0 Å². The summed E-state index contributed by atoms with van der Waals surface area (Å²) >= 11 is 0. The van der Waals surface area contributed by atoms with Gasteiger partial charge in [0.05, 0.1) is 0 Å². The third kappa shape index (κ3) is 8.43. The van der Waals surface area contributed by atoms with Gasteiger partial charge in [0.1, 0.15) is 46.0 Å². The summed E-state index contributed by atoms with van der Waals surface area (Å²) in [5.41, 5.74) is 9.15. The molecule has 8 bridgehead atoms. The van der Waals surface area contributed by atoms with Gasteiger partial charge < -0.3 is 36.2 Å². The average Bonchev–Trinajstić information content (AvgIpc) is 3.23. The van der Waals surface area contributed by atoms with Gasteiger partial charge in [-0.2, -0.15) is 0 Å². The summed E-state index contributed by atoms with van der Waals surface area (Å²) in [4.78, 5) is 0. The minimum atomic E-state index is -1.59. The Bertz CT molecular complexity index is 1940. The Morgan fingerprint density at radius 1 is 0.297 bits per heavy atom. The van der Waals surface area contributed by atoms with Gasteiger partial charge >= 0.3 is 34.1 Å². The van der Waals surface area contributed by atoms with Gasteiger partial charge in [-0.1, -0.05) is 53.4 Å². The van der Waals surface area contributed by atoms with Crippen molar-refractivity contribution < 1.29 is 36.2 Å². The van der Waals surface area contributed by atoms with Crippen LogP contribution in [0.2, 0.25) is 0 Å². The van der Waals surface area contributed by atoms with Gasteiger partial charge in [-0.15, -0.1) is 0 Å². The summed E-state index contributed by atoms with van der Waals surface area (Å²) in [6.45, 7) is 9.07. The highest BCUT2D eigenvalue weighted by atomic mass is 31.2. The van der Waals surface area contributed by atoms with Crippen molar-refractivity contribution in [1.82, 2.24) is 18.7 Å². The average molecular weight is 949 g/mol. The second kappa shape index (κ2) is 18.8. The molecule has 0 atom stereocenters. The van der Waals surface area contributed by atoms with Gasteiger partial charge in [0, 0.05) is 92.4 Å². The van der Waals surface area contributed by atoms with Gasteiger partial charge in [-0.3, -0.25) is 0 Å². The molecule has 0 N–H and O–H groups in total. The first kappa shape index (κ1) is 46.0. The van der Waals surface area contributed by atoms with Crippen LogP contribution in [-0.2, 0) is 0 Å². The standard InChI is InChI=1S/C48H64N4O8P4/c1-13-17-29-33-21-35-30(18-14-2)37-23-39-32(20-16-4)40-24-38-31(19-15-3)36-22-34(29)42-26-44(36)56-63(51(9)10)58-46(38)28-48(40)60-64(52(11)12)59-47(39)27-45(37)57-62(50(7)8)55-43(35)25-41(33)53-61(54-42)49(5)6/h21-32H,13-20H2,1-12H3. The van der Waals surface area contributed by atoms with Crippen LogP contribution in [0.1, 0.15) is 147 Å². The fourth-order valence-corrected chi connectivity index (χ4v) is 13.7. The van der Waals surface area contributed by atoms with Crippen molar-refractivity contribution in [2.75, 3.05) is 56.4 Å². The van der Waals surface area contributed by atoms with Crippen LogP contribution in [0.15, 0.2) is 48.5 Å². The molecule has 4 aromatic carbocycles. The zero-order valence-corrected chi connectivity index (χ0v) is 43.0. The molecule has 344 valence electrons. The summed E-state index contributed by atoms with van der Waals surface area (Å²) in [6, 6.07) is 18.2. The molecule has 0 fully saturated rings. The summed E-state index contributed by atoms with van der Waals surface area (Å²) in [6.07, 6.45) is 7.40. The highest BCUT2D eigenvalue weighted by Crippen LogP contribution is 2.63. The lowest BCUT2D eigenvalue weighted by Crippen LogP contribution is -2.22. The van der Waals surface area contributed by atoms with Crippen molar-refractivity contribution >= 4 is 34.1 Å². The normalized spacial score (nSPS) is 24.8. The van der Waals surface area contributed by atoms with E-state index in [9.17, 15) is 0 Å². The number of hydrogen-bond acceptors (Lipinski definition) is 12. The third-order valence-electron chi connectivity index (χ3n) is 12.6. The molecule has 0 radical (unpaired) electrons. The van der Waals surface area contributed by atoms with Crippen molar-refractivity contribution in [1.29, 1.82) is 0 Å². The largest absolute Gasteiger partial charge is 0.427 e. The van der Waals surface area contributed by atoms with Crippen LogP contribution < -0.4 is 36.2 Å². The summed E-state index contributed by atoms with van der Waals surface area (Å²) in [5.74, 6) is 6.05. The van der Waals surface area contributed by atoms with E-state index in [0.29, 0.717) is 0 Å². The quantitative estimate of drug-likeness (QED) is 0.127. The second-order valence-electron chi connectivity index (χ2n) is 18.1. The Balaban J connectivity index is 1.47. The fourth-order valence-electron chi connectivity index (χ4n) is 9.66. The van der Waals surface area contributed by atoms with Gasteiger partial charge in [-0.05, 0) is 106 Å². The molecule has 1 aliphatic carbocycles. The maximum atomic E-state index is 7.07. The molecule has 64 heavy (non-hydrogen) atoms. The number of nitrogens with zero attached hydrogens (tertiary/aromatic N) is 4. The highest BCUT2D eigenvalue weighted by Gasteiger charge is 2.42. The Morgan fingerprint density at radius 3 is 0.578 bits per heavy atom. The monoisotopic (exact) mass is 948 g/mol. The summed E-state index contributed by atoms with van der Waals surface area (Å²) in [5, 5.41) is 0. The minimum Gasteiger partial charge on any atom is -0.427 e. The molecule has 4 heterocycles. The van der Waals surface area contributed by atoms with Crippen LogP contribution in [-0.4, -0.2) is 75.1 Å². The molecule has 0 saturated heterocycles. The van der Waals surface area contributed by atoms with Gasteiger partial charge in [-0.25, -0.2) is 18.7 Å². The predicted molar refractivity (Wildman–Crippen MR) is 260 cm³/mol. The molecule has 0 saturated carbocycles. The Kier molecular flexibility index (Phi) is 13.5. The van der Waals surface area contributed by atoms with Gasteiger partial charge in [0.2, 0.25) is 0 Å². The number of rotatable bonds is 12. The van der Waals surface area contributed by atoms with E-state index in [4.69, 9.17) is 36.2 Å². The molecule has 9 rings (SSSR count). The fraction of sp³-hybridized carbons (Fsp3) is 0.500. The number of hydrogen-bond donors (Lipinski definition) is 0. The summed E-state index contributed by atoms with van der Waals surface area (Å²) in [7, 11) is 9.73. The van der Waals surface area contributed by atoms with Crippen molar-refractivity contribution in [3.05, 3.63) is 93.0 Å². The van der Waals surface area contributed by atoms with E-state index in [0.717, 1.165) is 142 Å². The first-order valence-corrected chi connectivity index (χ1v) is 27.4. The minimum absolute atomic E-state index is 0.0436.